The van der Waals surface area contributed by atoms with Crippen LogP contribution in [0.15, 0.2) is 41.2 Å². The summed E-state index contributed by atoms with van der Waals surface area (Å²) >= 11 is 0. The third kappa shape index (κ3) is 3.63. The fourth-order valence-electron chi connectivity index (χ4n) is 2.59. The molecule has 1 aliphatic rings. The zero-order valence-corrected chi connectivity index (χ0v) is 12.8. The Balaban J connectivity index is 1.67. The highest BCUT2D eigenvalue weighted by Gasteiger charge is 2.32. The number of benzene rings is 1. The topological polar surface area (TPSA) is 53.7 Å². The molecule has 1 fully saturated rings. The van der Waals surface area contributed by atoms with Crippen molar-refractivity contribution in [3.63, 3.8) is 0 Å². The van der Waals surface area contributed by atoms with Crippen molar-refractivity contribution < 1.29 is 23.1 Å². The van der Waals surface area contributed by atoms with Crippen LogP contribution in [0.4, 0.5) is 8.78 Å². The molecule has 1 aliphatic heterocycles. The molecular formula is C18H15F2NO3. The van der Waals surface area contributed by atoms with Crippen molar-refractivity contribution in [2.24, 2.45) is 0 Å². The summed E-state index contributed by atoms with van der Waals surface area (Å²) in [6.45, 7) is 0.680. The van der Waals surface area contributed by atoms with E-state index in [1.54, 1.807) is 11.0 Å². The predicted octanol–water partition coefficient (Wildman–Crippen LogP) is 2.58. The zero-order chi connectivity index (χ0) is 17.2. The van der Waals surface area contributed by atoms with Crippen LogP contribution < -0.4 is 0 Å². The maximum atomic E-state index is 13.1. The molecule has 124 valence electrons. The Bertz CT molecular complexity index is 777. The summed E-state index contributed by atoms with van der Waals surface area (Å²) in [6.07, 6.45) is 3.33. The number of carbonyl (C=O) groups is 1. The predicted molar refractivity (Wildman–Crippen MR) is 82.0 cm³/mol. The molecule has 1 N–H and O–H groups in total. The quantitative estimate of drug-likeness (QED) is 0.817. The van der Waals surface area contributed by atoms with Crippen LogP contribution in [-0.4, -0.2) is 34.6 Å². The van der Waals surface area contributed by atoms with E-state index in [9.17, 15) is 18.7 Å². The van der Waals surface area contributed by atoms with E-state index in [0.29, 0.717) is 18.7 Å². The van der Waals surface area contributed by atoms with Gasteiger partial charge in [0.1, 0.15) is 23.5 Å². The number of amides is 1. The molecule has 0 radical (unpaired) electrons. The van der Waals surface area contributed by atoms with Crippen molar-refractivity contribution in [3.8, 4) is 11.8 Å². The summed E-state index contributed by atoms with van der Waals surface area (Å²) in [5.74, 6) is 3.70. The van der Waals surface area contributed by atoms with E-state index in [2.05, 4.69) is 11.8 Å². The maximum absolute atomic E-state index is 13.1. The molecule has 1 saturated heterocycles. The lowest BCUT2D eigenvalue weighted by Crippen LogP contribution is -2.46. The van der Waals surface area contributed by atoms with E-state index < -0.39 is 17.2 Å². The Morgan fingerprint density at radius 3 is 2.46 bits per heavy atom. The van der Waals surface area contributed by atoms with Gasteiger partial charge in [-0.1, -0.05) is 11.8 Å². The highest BCUT2D eigenvalue weighted by molar-refractivity contribution is 5.93. The molecule has 4 nitrogen and oxygen atoms in total. The summed E-state index contributed by atoms with van der Waals surface area (Å²) in [5, 5.41) is 10.5. The molecule has 3 rings (SSSR count). The second kappa shape index (κ2) is 6.46. The number of hydrogen-bond acceptors (Lipinski definition) is 3. The van der Waals surface area contributed by atoms with Gasteiger partial charge in [0.05, 0.1) is 11.8 Å². The Kier molecular flexibility index (Phi) is 4.36. The van der Waals surface area contributed by atoms with Crippen LogP contribution in [0.3, 0.4) is 0 Å². The van der Waals surface area contributed by atoms with Crippen LogP contribution in [0.5, 0.6) is 0 Å². The molecule has 0 aliphatic carbocycles. The van der Waals surface area contributed by atoms with E-state index in [1.807, 2.05) is 0 Å². The molecule has 0 unspecified atom stereocenters. The maximum Gasteiger partial charge on any atom is 0.257 e. The van der Waals surface area contributed by atoms with Crippen LogP contribution in [0.1, 0.15) is 28.8 Å². The molecule has 2 aromatic rings. The lowest BCUT2D eigenvalue weighted by atomic mass is 9.91. The van der Waals surface area contributed by atoms with Crippen molar-refractivity contribution >= 4 is 5.91 Å². The average Bonchev–Trinajstić information content (AvgIpc) is 3.07. The Morgan fingerprint density at radius 2 is 1.88 bits per heavy atom. The third-order valence-corrected chi connectivity index (χ3v) is 3.95. The average molecular weight is 331 g/mol. The van der Waals surface area contributed by atoms with E-state index in [4.69, 9.17) is 4.42 Å². The van der Waals surface area contributed by atoms with Crippen LogP contribution in [0.25, 0.3) is 0 Å². The smallest absolute Gasteiger partial charge is 0.257 e. The molecule has 6 heteroatoms. The van der Waals surface area contributed by atoms with Gasteiger partial charge in [0.2, 0.25) is 0 Å². The normalized spacial score (nSPS) is 16.4. The minimum absolute atomic E-state index is 0.161. The highest BCUT2D eigenvalue weighted by atomic mass is 19.1. The molecule has 1 aromatic heterocycles. The lowest BCUT2D eigenvalue weighted by Gasteiger charge is -2.34. The minimum atomic E-state index is -1.28. The van der Waals surface area contributed by atoms with Crippen LogP contribution in [0, 0.1) is 23.5 Å². The summed E-state index contributed by atoms with van der Waals surface area (Å²) < 4.78 is 31.2. The summed E-state index contributed by atoms with van der Waals surface area (Å²) in [5.41, 5.74) is -0.657. The van der Waals surface area contributed by atoms with E-state index in [-0.39, 0.29) is 24.3 Å². The first-order valence-electron chi connectivity index (χ1n) is 7.48. The molecular weight excluding hydrogens is 316 g/mol. The van der Waals surface area contributed by atoms with E-state index in [1.165, 1.54) is 12.5 Å². The van der Waals surface area contributed by atoms with Gasteiger partial charge >= 0.3 is 0 Å². The molecule has 24 heavy (non-hydrogen) atoms. The van der Waals surface area contributed by atoms with Gasteiger partial charge < -0.3 is 14.4 Å². The number of likely N-dealkylation sites (tertiary alicyclic amines) is 1. The molecule has 1 amide bonds. The number of rotatable bonds is 1. The fraction of sp³-hybridized carbons (Fsp3) is 0.278. The summed E-state index contributed by atoms with van der Waals surface area (Å²) in [6, 6.07) is 4.56. The second-order valence-corrected chi connectivity index (χ2v) is 5.74. The number of carbonyl (C=O) groups excluding carboxylic acids is 1. The lowest BCUT2D eigenvalue weighted by molar-refractivity contribution is 0.0248. The van der Waals surface area contributed by atoms with Crippen molar-refractivity contribution in [2.45, 2.75) is 18.4 Å². The van der Waals surface area contributed by atoms with E-state index >= 15 is 0 Å². The SMILES string of the molecule is O=C(c1ccoc1)N1CCC(O)(C#Cc2cc(F)cc(F)c2)CC1. The van der Waals surface area contributed by atoms with Crippen molar-refractivity contribution in [1.82, 2.24) is 4.90 Å². The minimum Gasteiger partial charge on any atom is -0.472 e. The first-order chi connectivity index (χ1) is 11.5. The van der Waals surface area contributed by atoms with Gasteiger partial charge in [-0.3, -0.25) is 4.79 Å². The van der Waals surface area contributed by atoms with Gasteiger partial charge in [-0.25, -0.2) is 8.78 Å². The van der Waals surface area contributed by atoms with Gasteiger partial charge in [0, 0.05) is 37.6 Å². The molecule has 1 aromatic carbocycles. The Morgan fingerprint density at radius 1 is 1.21 bits per heavy atom. The van der Waals surface area contributed by atoms with Gasteiger partial charge in [0.15, 0.2) is 0 Å². The van der Waals surface area contributed by atoms with E-state index in [0.717, 1.165) is 18.2 Å². The number of aliphatic hydroxyl groups is 1. The molecule has 0 atom stereocenters. The summed E-state index contributed by atoms with van der Waals surface area (Å²) in [7, 11) is 0. The molecule has 0 saturated carbocycles. The van der Waals surface area contributed by atoms with Crippen molar-refractivity contribution in [3.05, 3.63) is 59.6 Å². The largest absolute Gasteiger partial charge is 0.472 e. The van der Waals surface area contributed by atoms with Crippen LogP contribution in [-0.2, 0) is 0 Å². The Labute approximate surface area is 137 Å². The highest BCUT2D eigenvalue weighted by Crippen LogP contribution is 2.23. The van der Waals surface area contributed by atoms with Crippen molar-refractivity contribution in [1.29, 1.82) is 0 Å². The monoisotopic (exact) mass is 331 g/mol. The van der Waals surface area contributed by atoms with Crippen LogP contribution in [0.2, 0.25) is 0 Å². The van der Waals surface area contributed by atoms with Gasteiger partial charge in [0.25, 0.3) is 5.91 Å². The molecule has 0 spiro atoms. The standard InChI is InChI=1S/C18H15F2NO3/c19-15-9-13(10-16(20)11-15)1-3-18(23)4-6-21(7-5-18)17(22)14-2-8-24-12-14/h2,8-12,23H,4-7H2. The number of hydrogen-bond donors (Lipinski definition) is 1. The first kappa shape index (κ1) is 16.2. The number of furan rings is 1. The summed E-state index contributed by atoms with van der Waals surface area (Å²) in [4.78, 5) is 13.8. The van der Waals surface area contributed by atoms with Gasteiger partial charge in [-0.05, 0) is 18.2 Å². The first-order valence-corrected chi connectivity index (χ1v) is 7.48. The number of halogens is 2. The molecule has 2 heterocycles. The number of piperidine rings is 1. The molecule has 0 bridgehead atoms. The number of nitrogens with zero attached hydrogens (tertiary/aromatic N) is 1. The fourth-order valence-corrected chi connectivity index (χ4v) is 2.59. The van der Waals surface area contributed by atoms with Gasteiger partial charge in [-0.2, -0.15) is 0 Å². The van der Waals surface area contributed by atoms with Crippen LogP contribution >= 0.6 is 0 Å². The van der Waals surface area contributed by atoms with Crippen molar-refractivity contribution in [2.75, 3.05) is 13.1 Å². The second-order valence-electron chi connectivity index (χ2n) is 5.74. The Hall–Kier alpha value is -2.65. The zero-order valence-electron chi connectivity index (χ0n) is 12.8. The van der Waals surface area contributed by atoms with Gasteiger partial charge in [-0.15, -0.1) is 0 Å². The third-order valence-electron chi connectivity index (χ3n) is 3.95.